The van der Waals surface area contributed by atoms with Crippen LogP contribution < -0.4 is 14.6 Å². The molecule has 3 heterocycles. The summed E-state index contributed by atoms with van der Waals surface area (Å²) in [5.41, 5.74) is 1.99. The molecule has 2 saturated heterocycles. The molecule has 0 radical (unpaired) electrons. The number of benzene rings is 2. The van der Waals surface area contributed by atoms with Crippen molar-refractivity contribution < 1.29 is 9.32 Å². The number of nitrogens with zero attached hydrogens (tertiary/aromatic N) is 3. The third-order valence-electron chi connectivity index (χ3n) is 5.87. The first-order valence-electron chi connectivity index (χ1n) is 11.3. The molecule has 3 aromatic rings. The molecule has 1 amide bonds. The maximum absolute atomic E-state index is 13.6. The van der Waals surface area contributed by atoms with Crippen LogP contribution in [0, 0.1) is 5.92 Å². The van der Waals surface area contributed by atoms with Gasteiger partial charge in [0.05, 0.1) is 0 Å². The third kappa shape index (κ3) is 5.86. The van der Waals surface area contributed by atoms with Crippen molar-refractivity contribution in [3.05, 3.63) is 71.9 Å². The molecule has 33 heavy (non-hydrogen) atoms. The molecule has 2 aromatic carbocycles. The van der Waals surface area contributed by atoms with E-state index in [0.717, 1.165) is 37.2 Å². The molecule has 0 spiro atoms. The first kappa shape index (κ1) is 23.0. The Labute approximate surface area is 205 Å². The molecule has 0 saturated carbocycles. The van der Waals surface area contributed by atoms with Crippen molar-refractivity contribution in [3.8, 4) is 0 Å². The van der Waals surface area contributed by atoms with Crippen molar-refractivity contribution in [1.29, 1.82) is 0 Å². The van der Waals surface area contributed by atoms with E-state index in [0.29, 0.717) is 24.8 Å². The van der Waals surface area contributed by atoms with Crippen LogP contribution in [0.4, 0.5) is 5.69 Å². The molecule has 5 rings (SSSR count). The van der Waals surface area contributed by atoms with E-state index in [-0.39, 0.29) is 11.7 Å². The van der Waals surface area contributed by atoms with Crippen LogP contribution in [0.1, 0.15) is 34.9 Å². The van der Waals surface area contributed by atoms with Gasteiger partial charge < -0.3 is 0 Å². The monoisotopic (exact) mass is 542 g/mol. The quantitative estimate of drug-likeness (QED) is 0.459. The van der Waals surface area contributed by atoms with Crippen LogP contribution in [0.15, 0.2) is 59.1 Å². The van der Waals surface area contributed by atoms with Gasteiger partial charge in [-0.25, -0.2) is 0 Å². The Balaban J connectivity index is 1.36. The second kappa shape index (κ2) is 11.1. The van der Waals surface area contributed by atoms with Crippen LogP contribution in [0.5, 0.6) is 0 Å². The Kier molecular flexibility index (Phi) is 7.77. The average molecular weight is 543 g/mol. The summed E-state index contributed by atoms with van der Waals surface area (Å²) in [4.78, 5) is 19.9. The predicted octanol–water partition coefficient (Wildman–Crippen LogP) is 3.48. The van der Waals surface area contributed by atoms with E-state index >= 15 is 0 Å². The molecule has 2 fully saturated rings. The van der Waals surface area contributed by atoms with Crippen molar-refractivity contribution in [3.63, 3.8) is 0 Å². The molecular weight excluding hydrogens is 515 g/mol. The van der Waals surface area contributed by atoms with Gasteiger partial charge in [-0.15, -0.1) is 0 Å². The zero-order valence-electron chi connectivity index (χ0n) is 18.4. The number of amides is 1. The number of carbonyl (C=O) groups excluding carboxylic acids is 1. The standard InChI is InChI=1S/C24H27AsN4O2S2/c30-24(23-27-22(31-28-23)16-18-4-2-1-3-5-18)29(17-19-10-12-26-13-11-19)21-8-6-20(7-9-21)25-32-14-15-33-25/h1-9,19,26H,10-17H2. The number of hydrogen-bond acceptors (Lipinski definition) is 7. The van der Waals surface area contributed by atoms with E-state index in [1.807, 2.05) is 35.2 Å². The predicted molar refractivity (Wildman–Crippen MR) is 138 cm³/mol. The molecular formula is C24H27AsN4O2S2. The molecule has 2 aliphatic rings. The fourth-order valence-electron chi connectivity index (χ4n) is 4.11. The van der Waals surface area contributed by atoms with E-state index in [1.54, 1.807) is 0 Å². The van der Waals surface area contributed by atoms with Gasteiger partial charge in [-0.05, 0) is 0 Å². The van der Waals surface area contributed by atoms with Crippen LogP contribution in [-0.4, -0.2) is 59.5 Å². The van der Waals surface area contributed by atoms with Gasteiger partial charge >= 0.3 is 188 Å². The number of hydrogen-bond donors (Lipinski definition) is 1. The van der Waals surface area contributed by atoms with Crippen molar-refractivity contribution >= 4 is 48.3 Å². The molecule has 2 aliphatic heterocycles. The number of piperidine rings is 1. The van der Waals surface area contributed by atoms with Gasteiger partial charge in [-0.1, -0.05) is 18.2 Å². The fraction of sp³-hybridized carbons (Fsp3) is 0.375. The van der Waals surface area contributed by atoms with E-state index in [2.05, 4.69) is 59.8 Å². The first-order valence-corrected chi connectivity index (χ1v) is 18.7. The van der Waals surface area contributed by atoms with Gasteiger partial charge in [0.1, 0.15) is 0 Å². The normalized spacial score (nSPS) is 17.3. The van der Waals surface area contributed by atoms with Gasteiger partial charge in [-0.2, -0.15) is 0 Å². The summed E-state index contributed by atoms with van der Waals surface area (Å²) in [6.07, 6.45) is 2.65. The molecule has 0 aliphatic carbocycles. The molecule has 6 nitrogen and oxygen atoms in total. The van der Waals surface area contributed by atoms with Gasteiger partial charge in [0.2, 0.25) is 0 Å². The van der Waals surface area contributed by atoms with E-state index in [9.17, 15) is 4.79 Å². The average Bonchev–Trinajstić information content (AvgIpc) is 3.57. The summed E-state index contributed by atoms with van der Waals surface area (Å²) >= 11 is -1.03. The van der Waals surface area contributed by atoms with Gasteiger partial charge in [0.15, 0.2) is 0 Å². The first-order chi connectivity index (χ1) is 16.3. The van der Waals surface area contributed by atoms with E-state index in [4.69, 9.17) is 4.52 Å². The van der Waals surface area contributed by atoms with Gasteiger partial charge in [-0.3, -0.25) is 0 Å². The van der Waals surface area contributed by atoms with E-state index < -0.39 is 12.3 Å². The Hall–Kier alpha value is -1.73. The zero-order chi connectivity index (χ0) is 22.5. The Morgan fingerprint density at radius 1 is 1.06 bits per heavy atom. The summed E-state index contributed by atoms with van der Waals surface area (Å²) < 4.78 is 6.89. The molecule has 0 unspecified atom stereocenters. The number of rotatable bonds is 7. The van der Waals surface area contributed by atoms with Gasteiger partial charge in [0, 0.05) is 0 Å². The van der Waals surface area contributed by atoms with Crippen LogP contribution in [0.25, 0.3) is 0 Å². The zero-order valence-corrected chi connectivity index (χ0v) is 21.9. The molecule has 1 N–H and O–H groups in total. The summed E-state index contributed by atoms with van der Waals surface area (Å²) in [6, 6.07) is 18.6. The maximum atomic E-state index is 13.6. The summed E-state index contributed by atoms with van der Waals surface area (Å²) in [5.74, 6) is 3.39. The topological polar surface area (TPSA) is 71.3 Å². The molecule has 0 atom stereocenters. The minimum absolute atomic E-state index is 0.135. The van der Waals surface area contributed by atoms with Crippen LogP contribution in [0.2, 0.25) is 0 Å². The number of nitrogens with one attached hydrogen (secondary N) is 1. The number of aromatic nitrogens is 2. The molecule has 1 aromatic heterocycles. The fourth-order valence-corrected chi connectivity index (χ4v) is 18.2. The SMILES string of the molecule is O=C(c1noc(Cc2ccccc2)n1)N(CC1CCNCC1)c1ccc([As]2SCCS2)cc1. The Bertz CT molecular complexity index is 1050. The minimum atomic E-state index is -1.03. The second-order valence-electron chi connectivity index (χ2n) is 8.22. The number of carbonyl (C=O) groups is 1. The van der Waals surface area contributed by atoms with Crippen molar-refractivity contribution in [2.75, 3.05) is 36.0 Å². The summed E-state index contributed by atoms with van der Waals surface area (Å²) in [6.45, 7) is 2.67. The Morgan fingerprint density at radius 2 is 1.79 bits per heavy atom. The summed E-state index contributed by atoms with van der Waals surface area (Å²) in [5, 5.41) is 7.45. The van der Waals surface area contributed by atoms with Crippen molar-refractivity contribution in [2.45, 2.75) is 19.3 Å². The van der Waals surface area contributed by atoms with Crippen LogP contribution >= 0.6 is 20.0 Å². The van der Waals surface area contributed by atoms with Crippen LogP contribution in [0.3, 0.4) is 0 Å². The van der Waals surface area contributed by atoms with E-state index in [1.165, 1.54) is 15.9 Å². The molecule has 172 valence electrons. The second-order valence-corrected chi connectivity index (χ2v) is 20.0. The third-order valence-corrected chi connectivity index (χ3v) is 19.6. The van der Waals surface area contributed by atoms with Gasteiger partial charge in [0.25, 0.3) is 0 Å². The Morgan fingerprint density at radius 3 is 2.52 bits per heavy atom. The molecule has 0 bridgehead atoms. The van der Waals surface area contributed by atoms with Crippen molar-refractivity contribution in [1.82, 2.24) is 15.5 Å². The van der Waals surface area contributed by atoms with Crippen molar-refractivity contribution in [2.24, 2.45) is 5.92 Å². The molecule has 9 heteroatoms. The van der Waals surface area contributed by atoms with Crippen LogP contribution in [-0.2, 0) is 6.42 Å². The summed E-state index contributed by atoms with van der Waals surface area (Å²) in [7, 11) is 4.27. The number of anilines is 1.